The maximum Gasteiger partial charge on any atom is 0.155 e. The highest BCUT2D eigenvalue weighted by Crippen LogP contribution is 2.44. The van der Waals surface area contributed by atoms with E-state index in [1.807, 2.05) is 4.68 Å². The lowest BCUT2D eigenvalue weighted by Gasteiger charge is -2.39. The van der Waals surface area contributed by atoms with E-state index in [1.54, 1.807) is 6.20 Å². The Morgan fingerprint density at radius 3 is 2.76 bits per heavy atom. The van der Waals surface area contributed by atoms with Crippen molar-refractivity contribution < 1.29 is 4.79 Å². The van der Waals surface area contributed by atoms with E-state index >= 15 is 0 Å². The minimum Gasteiger partial charge on any atom is -0.383 e. The Hall–Kier alpha value is -1.32. The number of nitrogens with two attached hydrogens (primary N) is 1. The van der Waals surface area contributed by atoms with Gasteiger partial charge in [0.05, 0.1) is 17.8 Å². The van der Waals surface area contributed by atoms with E-state index in [2.05, 4.69) is 25.9 Å². The number of carbonyl (C=O) groups is 1. The van der Waals surface area contributed by atoms with Crippen LogP contribution in [0, 0.1) is 11.3 Å². The summed E-state index contributed by atoms with van der Waals surface area (Å²) < 4.78 is 1.83. The number of hydrogen-bond acceptors (Lipinski definition) is 3. The summed E-state index contributed by atoms with van der Waals surface area (Å²) in [7, 11) is 0. The minimum absolute atomic E-state index is 0.321. The molecule has 0 spiro atoms. The number of anilines is 1. The van der Waals surface area contributed by atoms with Crippen LogP contribution in [0.2, 0.25) is 0 Å². The van der Waals surface area contributed by atoms with E-state index < -0.39 is 0 Å². The molecule has 1 heterocycles. The number of hydrogen-bond donors (Lipinski definition) is 1. The molecule has 4 heteroatoms. The van der Waals surface area contributed by atoms with Gasteiger partial charge in [-0.1, -0.05) is 20.8 Å². The smallest absolute Gasteiger partial charge is 0.155 e. The predicted octanol–water partition coefficient (Wildman–Crippen LogP) is 2.67. The summed E-state index contributed by atoms with van der Waals surface area (Å²) >= 11 is 0. The average Bonchev–Trinajstić information content (AvgIpc) is 2.56. The summed E-state index contributed by atoms with van der Waals surface area (Å²) in [6.45, 7) is 6.85. The third-order valence-corrected chi connectivity index (χ3v) is 3.70. The monoisotopic (exact) mass is 235 g/mol. The summed E-state index contributed by atoms with van der Waals surface area (Å²) in [4.78, 5) is 10.8. The molecule has 1 fully saturated rings. The molecule has 1 aliphatic rings. The van der Waals surface area contributed by atoms with Crippen LogP contribution in [-0.2, 0) is 0 Å². The molecule has 2 N–H and O–H groups in total. The van der Waals surface area contributed by atoms with Gasteiger partial charge in [0.15, 0.2) is 6.29 Å². The van der Waals surface area contributed by atoms with Gasteiger partial charge in [-0.2, -0.15) is 5.10 Å². The van der Waals surface area contributed by atoms with Crippen molar-refractivity contribution in [2.75, 3.05) is 5.73 Å². The molecular weight excluding hydrogens is 214 g/mol. The number of carbonyl (C=O) groups excluding carboxylic acids is 1. The van der Waals surface area contributed by atoms with Gasteiger partial charge in [0.2, 0.25) is 0 Å². The van der Waals surface area contributed by atoms with Crippen LogP contribution in [0.5, 0.6) is 0 Å². The molecule has 0 bridgehead atoms. The maximum absolute atomic E-state index is 10.8. The number of aldehydes is 1. The normalized spacial score (nSPS) is 27.9. The number of rotatable bonds is 2. The number of nitrogens with zero attached hydrogens (tertiary/aromatic N) is 2. The Balaban J connectivity index is 2.27. The van der Waals surface area contributed by atoms with Gasteiger partial charge in [-0.05, 0) is 30.6 Å². The highest BCUT2D eigenvalue weighted by molar-refractivity contribution is 5.81. The first kappa shape index (κ1) is 12.1. The fourth-order valence-electron chi connectivity index (χ4n) is 3.25. The molecule has 0 aromatic carbocycles. The van der Waals surface area contributed by atoms with Crippen LogP contribution in [0.1, 0.15) is 56.4 Å². The minimum atomic E-state index is 0.321. The maximum atomic E-state index is 10.8. The Kier molecular flexibility index (Phi) is 2.98. The van der Waals surface area contributed by atoms with Crippen molar-refractivity contribution >= 4 is 12.1 Å². The third-order valence-electron chi connectivity index (χ3n) is 3.70. The largest absolute Gasteiger partial charge is 0.383 e. The van der Waals surface area contributed by atoms with Crippen LogP contribution < -0.4 is 5.73 Å². The molecule has 2 rings (SSSR count). The Bertz CT molecular complexity index is 422. The van der Waals surface area contributed by atoms with E-state index in [9.17, 15) is 4.79 Å². The van der Waals surface area contributed by atoms with Gasteiger partial charge in [-0.25, -0.2) is 4.68 Å². The highest BCUT2D eigenvalue weighted by Gasteiger charge is 2.34. The van der Waals surface area contributed by atoms with Crippen LogP contribution >= 0.6 is 0 Å². The zero-order chi connectivity index (χ0) is 12.6. The molecule has 0 amide bonds. The second kappa shape index (κ2) is 4.17. The van der Waals surface area contributed by atoms with Crippen LogP contribution in [0.4, 0.5) is 5.82 Å². The second-order valence-corrected chi connectivity index (χ2v) is 6.11. The molecular formula is C13H21N3O. The lowest BCUT2D eigenvalue weighted by Crippen LogP contribution is -2.30. The van der Waals surface area contributed by atoms with Gasteiger partial charge in [0.25, 0.3) is 0 Å². The Labute approximate surface area is 102 Å². The van der Waals surface area contributed by atoms with Gasteiger partial charge in [0.1, 0.15) is 5.82 Å². The fourth-order valence-corrected chi connectivity index (χ4v) is 3.25. The summed E-state index contributed by atoms with van der Waals surface area (Å²) in [6.07, 6.45) is 5.74. The van der Waals surface area contributed by atoms with Crippen LogP contribution in [0.3, 0.4) is 0 Å². The average molecular weight is 235 g/mol. The molecule has 2 unspecified atom stereocenters. The van der Waals surface area contributed by atoms with Crippen LogP contribution in [-0.4, -0.2) is 16.1 Å². The van der Waals surface area contributed by atoms with Crippen molar-refractivity contribution in [2.24, 2.45) is 11.3 Å². The van der Waals surface area contributed by atoms with Crippen molar-refractivity contribution in [3.05, 3.63) is 11.8 Å². The lowest BCUT2D eigenvalue weighted by atomic mass is 9.70. The molecule has 2 atom stereocenters. The predicted molar refractivity (Wildman–Crippen MR) is 67.9 cm³/mol. The summed E-state index contributed by atoms with van der Waals surface area (Å²) in [5, 5.41) is 4.27. The standard InChI is InChI=1S/C13H21N3O/c1-9-4-11(6-13(2,3)5-9)16-12(14)10(8-17)7-15-16/h7-9,11H,4-6,14H2,1-3H3. The van der Waals surface area contributed by atoms with E-state index in [0.717, 1.165) is 19.1 Å². The molecule has 0 radical (unpaired) electrons. The summed E-state index contributed by atoms with van der Waals surface area (Å²) in [6, 6.07) is 0.322. The van der Waals surface area contributed by atoms with E-state index in [1.165, 1.54) is 6.42 Å². The van der Waals surface area contributed by atoms with Crippen molar-refractivity contribution in [2.45, 2.75) is 46.1 Å². The van der Waals surface area contributed by atoms with Gasteiger partial charge in [0, 0.05) is 0 Å². The zero-order valence-corrected chi connectivity index (χ0v) is 10.8. The molecule has 4 nitrogen and oxygen atoms in total. The second-order valence-electron chi connectivity index (χ2n) is 6.11. The molecule has 0 saturated heterocycles. The van der Waals surface area contributed by atoms with Crippen molar-refractivity contribution in [3.8, 4) is 0 Å². The highest BCUT2D eigenvalue weighted by atomic mass is 16.1. The quantitative estimate of drug-likeness (QED) is 0.802. The first-order valence-corrected chi connectivity index (χ1v) is 6.21. The number of nitrogen functional groups attached to an aromatic ring is 1. The molecule has 1 aromatic rings. The van der Waals surface area contributed by atoms with Crippen molar-refractivity contribution in [3.63, 3.8) is 0 Å². The van der Waals surface area contributed by atoms with E-state index in [-0.39, 0.29) is 0 Å². The van der Waals surface area contributed by atoms with E-state index in [0.29, 0.717) is 28.8 Å². The Morgan fingerprint density at radius 1 is 1.53 bits per heavy atom. The van der Waals surface area contributed by atoms with Crippen molar-refractivity contribution in [1.29, 1.82) is 0 Å². The molecule has 17 heavy (non-hydrogen) atoms. The SMILES string of the molecule is CC1CC(n2ncc(C=O)c2N)CC(C)(C)C1. The summed E-state index contributed by atoms with van der Waals surface area (Å²) in [5.74, 6) is 1.18. The van der Waals surface area contributed by atoms with Crippen LogP contribution in [0.25, 0.3) is 0 Å². The molecule has 1 aliphatic carbocycles. The molecule has 1 saturated carbocycles. The van der Waals surface area contributed by atoms with Gasteiger partial charge < -0.3 is 5.73 Å². The fraction of sp³-hybridized carbons (Fsp3) is 0.692. The van der Waals surface area contributed by atoms with Gasteiger partial charge in [-0.3, -0.25) is 4.79 Å². The molecule has 0 aliphatic heterocycles. The first-order valence-electron chi connectivity index (χ1n) is 6.21. The number of aromatic nitrogens is 2. The summed E-state index contributed by atoms with van der Waals surface area (Å²) in [5.41, 5.74) is 6.77. The molecule has 1 aromatic heterocycles. The van der Waals surface area contributed by atoms with E-state index in [4.69, 9.17) is 5.73 Å². The molecule has 94 valence electrons. The zero-order valence-electron chi connectivity index (χ0n) is 10.8. The lowest BCUT2D eigenvalue weighted by molar-refractivity contribution is 0.112. The van der Waals surface area contributed by atoms with Crippen LogP contribution in [0.15, 0.2) is 6.20 Å². The first-order chi connectivity index (χ1) is 7.93. The van der Waals surface area contributed by atoms with Crippen molar-refractivity contribution in [1.82, 2.24) is 9.78 Å². The Morgan fingerprint density at radius 2 is 2.24 bits per heavy atom. The third kappa shape index (κ3) is 2.35. The topological polar surface area (TPSA) is 60.9 Å². The van der Waals surface area contributed by atoms with Gasteiger partial charge >= 0.3 is 0 Å². The van der Waals surface area contributed by atoms with Gasteiger partial charge in [-0.15, -0.1) is 0 Å².